The van der Waals surface area contributed by atoms with E-state index in [4.69, 9.17) is 4.74 Å². The van der Waals surface area contributed by atoms with Crippen LogP contribution < -0.4 is 5.32 Å². The molecule has 0 aromatic rings. The summed E-state index contributed by atoms with van der Waals surface area (Å²) >= 11 is 0. The minimum absolute atomic E-state index is 0.408. The average Bonchev–Trinajstić information content (AvgIpc) is 2.02. The molecule has 2 nitrogen and oxygen atoms in total. The van der Waals surface area contributed by atoms with Gasteiger partial charge in [0, 0.05) is 0 Å². The zero-order valence-corrected chi connectivity index (χ0v) is 7.23. The Balaban J connectivity index is 1.84. The van der Waals surface area contributed by atoms with Gasteiger partial charge in [-0.25, -0.2) is 0 Å². The molecule has 0 aromatic carbocycles. The monoisotopic (exact) mass is 155 g/mol. The SMILES string of the molecule is CCC1CCC2(COC2)NC1. The maximum absolute atomic E-state index is 5.22. The van der Waals surface area contributed by atoms with E-state index in [9.17, 15) is 0 Å². The molecule has 2 saturated heterocycles. The highest BCUT2D eigenvalue weighted by molar-refractivity contribution is 4.97. The first kappa shape index (κ1) is 7.56. The Labute approximate surface area is 68.3 Å². The van der Waals surface area contributed by atoms with Crippen molar-refractivity contribution in [2.24, 2.45) is 5.92 Å². The van der Waals surface area contributed by atoms with Crippen LogP contribution in [0.4, 0.5) is 0 Å². The van der Waals surface area contributed by atoms with Crippen LogP contribution in [0.1, 0.15) is 26.2 Å². The normalized spacial score (nSPS) is 35.2. The standard InChI is InChI=1S/C9H17NO/c1-2-8-3-4-9(10-5-8)6-11-7-9/h8,10H,2-7H2,1H3. The van der Waals surface area contributed by atoms with Gasteiger partial charge in [0.15, 0.2) is 0 Å². The molecule has 1 atom stereocenters. The summed E-state index contributed by atoms with van der Waals surface area (Å²) in [5.74, 6) is 0.918. The molecular formula is C9H17NO. The van der Waals surface area contributed by atoms with Crippen LogP contribution >= 0.6 is 0 Å². The Morgan fingerprint density at radius 3 is 2.73 bits per heavy atom. The van der Waals surface area contributed by atoms with Gasteiger partial charge < -0.3 is 10.1 Å². The molecule has 2 heteroatoms. The van der Waals surface area contributed by atoms with E-state index in [0.717, 1.165) is 19.1 Å². The number of rotatable bonds is 1. The van der Waals surface area contributed by atoms with Gasteiger partial charge in [0.1, 0.15) is 0 Å². The van der Waals surface area contributed by atoms with E-state index in [1.807, 2.05) is 0 Å². The number of piperidine rings is 1. The third-order valence-corrected chi connectivity index (χ3v) is 3.13. The Bertz CT molecular complexity index is 132. The van der Waals surface area contributed by atoms with Crippen LogP contribution in [0.3, 0.4) is 0 Å². The van der Waals surface area contributed by atoms with Gasteiger partial charge in [-0.3, -0.25) is 0 Å². The topological polar surface area (TPSA) is 21.3 Å². The molecule has 0 amide bonds. The Morgan fingerprint density at radius 2 is 2.36 bits per heavy atom. The quantitative estimate of drug-likeness (QED) is 0.613. The second-order valence-corrected chi connectivity index (χ2v) is 3.97. The molecule has 0 aromatic heterocycles. The van der Waals surface area contributed by atoms with Gasteiger partial charge in [0.05, 0.1) is 18.8 Å². The summed E-state index contributed by atoms with van der Waals surface area (Å²) in [6.45, 7) is 5.38. The summed E-state index contributed by atoms with van der Waals surface area (Å²) in [6, 6.07) is 0. The van der Waals surface area contributed by atoms with E-state index < -0.39 is 0 Å². The van der Waals surface area contributed by atoms with Crippen molar-refractivity contribution in [2.75, 3.05) is 19.8 Å². The largest absolute Gasteiger partial charge is 0.377 e. The van der Waals surface area contributed by atoms with E-state index in [1.165, 1.54) is 25.8 Å². The van der Waals surface area contributed by atoms with E-state index in [1.54, 1.807) is 0 Å². The fourth-order valence-electron chi connectivity index (χ4n) is 1.98. The Kier molecular flexibility index (Phi) is 1.90. The van der Waals surface area contributed by atoms with E-state index >= 15 is 0 Å². The van der Waals surface area contributed by atoms with Gasteiger partial charge in [0.25, 0.3) is 0 Å². The molecule has 1 unspecified atom stereocenters. The fourth-order valence-corrected chi connectivity index (χ4v) is 1.98. The van der Waals surface area contributed by atoms with Gasteiger partial charge in [-0.2, -0.15) is 0 Å². The second kappa shape index (κ2) is 2.76. The lowest BCUT2D eigenvalue weighted by Gasteiger charge is -2.47. The molecule has 2 aliphatic rings. The minimum Gasteiger partial charge on any atom is -0.377 e. The highest BCUT2D eigenvalue weighted by Gasteiger charge is 2.40. The Morgan fingerprint density at radius 1 is 1.55 bits per heavy atom. The number of hydrogen-bond donors (Lipinski definition) is 1. The van der Waals surface area contributed by atoms with Crippen molar-refractivity contribution in [1.29, 1.82) is 0 Å². The molecule has 0 aliphatic carbocycles. The van der Waals surface area contributed by atoms with Crippen LogP contribution in [-0.4, -0.2) is 25.3 Å². The van der Waals surface area contributed by atoms with Crippen molar-refractivity contribution in [3.8, 4) is 0 Å². The summed E-state index contributed by atoms with van der Waals surface area (Å²) < 4.78 is 5.22. The molecule has 0 bridgehead atoms. The molecule has 1 N–H and O–H groups in total. The van der Waals surface area contributed by atoms with Gasteiger partial charge in [-0.15, -0.1) is 0 Å². The highest BCUT2D eigenvalue weighted by Crippen LogP contribution is 2.29. The summed E-state index contributed by atoms with van der Waals surface area (Å²) in [6.07, 6.45) is 4.04. The third-order valence-electron chi connectivity index (χ3n) is 3.13. The number of ether oxygens (including phenoxy) is 1. The molecule has 0 radical (unpaired) electrons. The van der Waals surface area contributed by atoms with Crippen LogP contribution in [0.25, 0.3) is 0 Å². The van der Waals surface area contributed by atoms with Crippen molar-refractivity contribution in [2.45, 2.75) is 31.7 Å². The van der Waals surface area contributed by atoms with E-state index in [2.05, 4.69) is 12.2 Å². The lowest BCUT2D eigenvalue weighted by Crippen LogP contribution is -2.63. The molecule has 1 spiro atoms. The van der Waals surface area contributed by atoms with Crippen LogP contribution in [0.5, 0.6) is 0 Å². The zero-order valence-electron chi connectivity index (χ0n) is 7.23. The molecular weight excluding hydrogens is 138 g/mol. The summed E-state index contributed by atoms with van der Waals surface area (Å²) in [5, 5.41) is 3.61. The average molecular weight is 155 g/mol. The predicted molar refractivity (Wildman–Crippen MR) is 44.6 cm³/mol. The molecule has 2 heterocycles. The van der Waals surface area contributed by atoms with Gasteiger partial charge in [-0.1, -0.05) is 13.3 Å². The number of nitrogens with one attached hydrogen (secondary N) is 1. The highest BCUT2D eigenvalue weighted by atomic mass is 16.5. The van der Waals surface area contributed by atoms with Crippen molar-refractivity contribution in [3.05, 3.63) is 0 Å². The van der Waals surface area contributed by atoms with Crippen LogP contribution in [-0.2, 0) is 4.74 Å². The van der Waals surface area contributed by atoms with Crippen molar-refractivity contribution < 1.29 is 4.74 Å². The first-order chi connectivity index (χ1) is 5.35. The lowest BCUT2D eigenvalue weighted by atomic mass is 9.82. The first-order valence-corrected chi connectivity index (χ1v) is 4.67. The fraction of sp³-hybridized carbons (Fsp3) is 1.00. The van der Waals surface area contributed by atoms with Crippen molar-refractivity contribution in [3.63, 3.8) is 0 Å². The minimum atomic E-state index is 0.408. The lowest BCUT2D eigenvalue weighted by molar-refractivity contribution is -0.0916. The van der Waals surface area contributed by atoms with Crippen LogP contribution in [0.15, 0.2) is 0 Å². The summed E-state index contributed by atoms with van der Waals surface area (Å²) in [5.41, 5.74) is 0.408. The van der Waals surface area contributed by atoms with Crippen LogP contribution in [0.2, 0.25) is 0 Å². The molecule has 2 fully saturated rings. The van der Waals surface area contributed by atoms with E-state index in [0.29, 0.717) is 5.54 Å². The summed E-state index contributed by atoms with van der Waals surface area (Å²) in [4.78, 5) is 0. The predicted octanol–water partition coefficient (Wildman–Crippen LogP) is 1.17. The van der Waals surface area contributed by atoms with Gasteiger partial charge >= 0.3 is 0 Å². The van der Waals surface area contributed by atoms with Gasteiger partial charge in [-0.05, 0) is 25.3 Å². The van der Waals surface area contributed by atoms with Crippen molar-refractivity contribution >= 4 is 0 Å². The molecule has 0 saturated carbocycles. The van der Waals surface area contributed by atoms with Crippen molar-refractivity contribution in [1.82, 2.24) is 5.32 Å². The number of hydrogen-bond acceptors (Lipinski definition) is 2. The zero-order chi connectivity index (χ0) is 7.73. The van der Waals surface area contributed by atoms with Gasteiger partial charge in [0.2, 0.25) is 0 Å². The molecule has 11 heavy (non-hydrogen) atoms. The smallest absolute Gasteiger partial charge is 0.0671 e. The molecule has 2 rings (SSSR count). The summed E-state index contributed by atoms with van der Waals surface area (Å²) in [7, 11) is 0. The van der Waals surface area contributed by atoms with Crippen LogP contribution in [0, 0.1) is 5.92 Å². The Hall–Kier alpha value is -0.0800. The maximum Gasteiger partial charge on any atom is 0.0671 e. The van der Waals surface area contributed by atoms with E-state index in [-0.39, 0.29) is 0 Å². The molecule has 2 aliphatic heterocycles. The third kappa shape index (κ3) is 1.30. The second-order valence-electron chi connectivity index (χ2n) is 3.97. The molecule has 64 valence electrons. The first-order valence-electron chi connectivity index (χ1n) is 4.67. The maximum atomic E-state index is 5.22.